The Morgan fingerprint density at radius 3 is 2.67 bits per heavy atom. The lowest BCUT2D eigenvalue weighted by atomic mass is 10.0. The van der Waals surface area contributed by atoms with Gasteiger partial charge in [-0.25, -0.2) is 9.18 Å². The highest BCUT2D eigenvalue weighted by molar-refractivity contribution is 5.77. The summed E-state index contributed by atoms with van der Waals surface area (Å²) in [5, 5.41) is 12.4. The molecular formula is C13H18FNO3. The van der Waals surface area contributed by atoms with Crippen molar-refractivity contribution < 1.29 is 19.0 Å². The number of nitrogens with one attached hydrogen (secondary N) is 1. The van der Waals surface area contributed by atoms with Crippen LogP contribution in [-0.2, 0) is 9.53 Å². The molecule has 0 spiro atoms. The molecular weight excluding hydrogens is 237 g/mol. The maximum Gasteiger partial charge on any atom is 0.327 e. The molecule has 0 heterocycles. The van der Waals surface area contributed by atoms with E-state index in [0.29, 0.717) is 5.56 Å². The van der Waals surface area contributed by atoms with Crippen LogP contribution < -0.4 is 5.32 Å². The lowest BCUT2D eigenvalue weighted by molar-refractivity contribution is -0.143. The fourth-order valence-corrected chi connectivity index (χ4v) is 1.58. The second kappa shape index (κ2) is 6.35. The van der Waals surface area contributed by atoms with Crippen molar-refractivity contribution in [1.82, 2.24) is 5.32 Å². The van der Waals surface area contributed by atoms with Crippen molar-refractivity contribution in [3.05, 3.63) is 29.6 Å². The van der Waals surface area contributed by atoms with E-state index in [-0.39, 0.29) is 11.8 Å². The van der Waals surface area contributed by atoms with E-state index in [1.165, 1.54) is 19.2 Å². The Kier molecular flexibility index (Phi) is 5.09. The van der Waals surface area contributed by atoms with Crippen LogP contribution in [0.3, 0.4) is 0 Å². The molecule has 0 bridgehead atoms. The molecule has 18 heavy (non-hydrogen) atoms. The lowest BCUT2D eigenvalue weighted by Gasteiger charge is -2.21. The Balaban J connectivity index is 3.04. The average molecular weight is 255 g/mol. The van der Waals surface area contributed by atoms with Gasteiger partial charge in [0.1, 0.15) is 17.6 Å². The Bertz CT molecular complexity index is 402. The average Bonchev–Trinajstić information content (AvgIpc) is 2.33. The molecule has 0 aromatic heterocycles. The number of phenols is 1. The van der Waals surface area contributed by atoms with Gasteiger partial charge in [0.25, 0.3) is 0 Å². The van der Waals surface area contributed by atoms with Crippen LogP contribution in [0.25, 0.3) is 0 Å². The van der Waals surface area contributed by atoms with Crippen molar-refractivity contribution in [2.24, 2.45) is 0 Å². The van der Waals surface area contributed by atoms with Gasteiger partial charge in [-0.15, -0.1) is 0 Å². The maximum atomic E-state index is 13.2. The van der Waals surface area contributed by atoms with Crippen LogP contribution in [0.5, 0.6) is 5.75 Å². The van der Waals surface area contributed by atoms with Crippen LogP contribution in [0.2, 0.25) is 0 Å². The Hall–Kier alpha value is -1.62. The van der Waals surface area contributed by atoms with Gasteiger partial charge in [0.2, 0.25) is 0 Å². The summed E-state index contributed by atoms with van der Waals surface area (Å²) < 4.78 is 17.9. The fourth-order valence-electron chi connectivity index (χ4n) is 1.58. The van der Waals surface area contributed by atoms with Crippen LogP contribution in [0.4, 0.5) is 4.39 Å². The van der Waals surface area contributed by atoms with E-state index in [4.69, 9.17) is 0 Å². The first-order chi connectivity index (χ1) is 8.47. The lowest BCUT2D eigenvalue weighted by Crippen LogP contribution is -2.35. The van der Waals surface area contributed by atoms with E-state index >= 15 is 0 Å². The second-order valence-electron chi connectivity index (χ2n) is 4.17. The Labute approximate surface area is 106 Å². The van der Waals surface area contributed by atoms with Crippen LogP contribution in [0.1, 0.15) is 31.9 Å². The van der Waals surface area contributed by atoms with Crippen LogP contribution >= 0.6 is 0 Å². The summed E-state index contributed by atoms with van der Waals surface area (Å²) in [5.74, 6) is -1.32. The van der Waals surface area contributed by atoms with Crippen molar-refractivity contribution in [2.45, 2.75) is 32.4 Å². The summed E-state index contributed by atoms with van der Waals surface area (Å²) >= 11 is 0. The molecule has 1 aromatic rings. The molecule has 0 aliphatic carbocycles. The first-order valence-corrected chi connectivity index (χ1v) is 5.81. The van der Waals surface area contributed by atoms with E-state index in [0.717, 1.165) is 12.5 Å². The molecule has 0 amide bonds. The standard InChI is InChI=1S/C13H18FNO3/c1-4-8(2)15-12(13(17)18-3)9-5-10(14)7-11(16)6-9/h5-8,12,15-16H,4H2,1-3H3. The smallest absolute Gasteiger partial charge is 0.327 e. The third kappa shape index (κ3) is 3.70. The van der Waals surface area contributed by atoms with Crippen molar-refractivity contribution in [2.75, 3.05) is 7.11 Å². The summed E-state index contributed by atoms with van der Waals surface area (Å²) in [5.41, 5.74) is 0.347. The molecule has 1 aromatic carbocycles. The molecule has 100 valence electrons. The summed E-state index contributed by atoms with van der Waals surface area (Å²) in [6.45, 7) is 3.88. The Morgan fingerprint density at radius 1 is 1.50 bits per heavy atom. The largest absolute Gasteiger partial charge is 0.508 e. The predicted octanol–water partition coefficient (Wildman–Crippen LogP) is 2.13. The molecule has 0 radical (unpaired) electrons. The molecule has 5 heteroatoms. The molecule has 0 fully saturated rings. The maximum absolute atomic E-state index is 13.2. The SMILES string of the molecule is CCC(C)NC(C(=O)OC)c1cc(O)cc(F)c1. The topological polar surface area (TPSA) is 58.6 Å². The zero-order chi connectivity index (χ0) is 13.7. The van der Waals surface area contributed by atoms with Crippen LogP contribution in [0, 0.1) is 5.82 Å². The number of ether oxygens (including phenoxy) is 1. The minimum Gasteiger partial charge on any atom is -0.508 e. The van der Waals surface area contributed by atoms with Crippen LogP contribution in [-0.4, -0.2) is 24.2 Å². The molecule has 2 unspecified atom stereocenters. The molecule has 1 rings (SSSR count). The van der Waals surface area contributed by atoms with Gasteiger partial charge in [-0.3, -0.25) is 5.32 Å². The number of methoxy groups -OCH3 is 1. The van der Waals surface area contributed by atoms with E-state index in [1.807, 2.05) is 13.8 Å². The fraction of sp³-hybridized carbons (Fsp3) is 0.462. The van der Waals surface area contributed by atoms with Gasteiger partial charge >= 0.3 is 5.97 Å². The van der Waals surface area contributed by atoms with E-state index in [1.54, 1.807) is 0 Å². The molecule has 2 N–H and O–H groups in total. The number of hydrogen-bond donors (Lipinski definition) is 2. The summed E-state index contributed by atoms with van der Waals surface area (Å²) in [6, 6.07) is 2.82. The molecule has 2 atom stereocenters. The number of esters is 1. The number of rotatable bonds is 5. The highest BCUT2D eigenvalue weighted by Gasteiger charge is 2.23. The first-order valence-electron chi connectivity index (χ1n) is 5.81. The van der Waals surface area contributed by atoms with Crippen molar-refractivity contribution >= 4 is 5.97 Å². The minimum atomic E-state index is -0.786. The summed E-state index contributed by atoms with van der Waals surface area (Å²) in [6.07, 6.45) is 0.814. The quantitative estimate of drug-likeness (QED) is 0.791. The number of carbonyl (C=O) groups excluding carboxylic acids is 1. The summed E-state index contributed by atoms with van der Waals surface area (Å²) in [4.78, 5) is 11.7. The van der Waals surface area contributed by atoms with Crippen LogP contribution in [0.15, 0.2) is 18.2 Å². The summed E-state index contributed by atoms with van der Waals surface area (Å²) in [7, 11) is 1.27. The minimum absolute atomic E-state index is 0.0690. The zero-order valence-corrected chi connectivity index (χ0v) is 10.7. The normalized spacial score (nSPS) is 14.0. The van der Waals surface area contributed by atoms with E-state index in [9.17, 15) is 14.3 Å². The van der Waals surface area contributed by atoms with Gasteiger partial charge in [-0.2, -0.15) is 0 Å². The number of aromatic hydroxyl groups is 1. The van der Waals surface area contributed by atoms with Gasteiger partial charge in [0.15, 0.2) is 0 Å². The first kappa shape index (κ1) is 14.4. The van der Waals surface area contributed by atoms with Gasteiger partial charge in [-0.05, 0) is 31.0 Å². The van der Waals surface area contributed by atoms with E-state index in [2.05, 4.69) is 10.1 Å². The number of hydrogen-bond acceptors (Lipinski definition) is 4. The predicted molar refractivity (Wildman–Crippen MR) is 65.7 cm³/mol. The van der Waals surface area contributed by atoms with Gasteiger partial charge in [0, 0.05) is 12.1 Å². The Morgan fingerprint density at radius 2 is 2.17 bits per heavy atom. The third-order valence-corrected chi connectivity index (χ3v) is 2.74. The third-order valence-electron chi connectivity index (χ3n) is 2.74. The highest BCUT2D eigenvalue weighted by Crippen LogP contribution is 2.22. The molecule has 0 aliphatic rings. The monoisotopic (exact) mass is 255 g/mol. The number of phenolic OH excluding ortho intramolecular Hbond substituents is 1. The van der Waals surface area contributed by atoms with Crippen molar-refractivity contribution in [1.29, 1.82) is 0 Å². The van der Waals surface area contributed by atoms with Gasteiger partial charge < -0.3 is 9.84 Å². The van der Waals surface area contributed by atoms with E-state index < -0.39 is 17.8 Å². The molecule has 0 saturated heterocycles. The number of benzene rings is 1. The number of halogens is 1. The number of carbonyl (C=O) groups is 1. The van der Waals surface area contributed by atoms with Crippen molar-refractivity contribution in [3.8, 4) is 5.75 Å². The second-order valence-corrected chi connectivity index (χ2v) is 4.17. The van der Waals surface area contributed by atoms with Gasteiger partial charge in [-0.1, -0.05) is 6.92 Å². The molecule has 0 aliphatic heterocycles. The van der Waals surface area contributed by atoms with Crippen molar-refractivity contribution in [3.63, 3.8) is 0 Å². The highest BCUT2D eigenvalue weighted by atomic mass is 19.1. The molecule has 0 saturated carbocycles. The molecule has 4 nitrogen and oxygen atoms in total. The van der Waals surface area contributed by atoms with Gasteiger partial charge in [0.05, 0.1) is 7.11 Å². The zero-order valence-electron chi connectivity index (χ0n) is 10.7.